The molecule has 1 unspecified atom stereocenters. The second-order valence-electron chi connectivity index (χ2n) is 7.58. The molecule has 0 amide bonds. The molecule has 1 fully saturated rings. The Balaban J connectivity index is 1.58. The lowest BCUT2D eigenvalue weighted by atomic mass is 9.95. The molecule has 4 heteroatoms. The highest BCUT2D eigenvalue weighted by Crippen LogP contribution is 2.40. The molecule has 0 N–H and O–H groups in total. The van der Waals surface area contributed by atoms with Crippen LogP contribution in [0.25, 0.3) is 11.1 Å². The Morgan fingerprint density at radius 1 is 0.926 bits per heavy atom. The van der Waals surface area contributed by atoms with E-state index < -0.39 is 0 Å². The first kappa shape index (κ1) is 18.1. The van der Waals surface area contributed by atoms with E-state index in [1.165, 1.54) is 23.1 Å². The molecule has 2 aromatic rings. The molecule has 0 spiro atoms. The van der Waals surface area contributed by atoms with E-state index in [1.54, 1.807) is 14.2 Å². The SMILES string of the molecule is COc1cc(OC)cc(-c2ccc3c(c2)CCC3N2CCC(C=O)CC2)c1. The van der Waals surface area contributed by atoms with E-state index in [1.807, 2.05) is 6.07 Å². The zero-order valence-electron chi connectivity index (χ0n) is 16.1. The van der Waals surface area contributed by atoms with E-state index in [-0.39, 0.29) is 5.92 Å². The normalized spacial score (nSPS) is 20.3. The van der Waals surface area contributed by atoms with Crippen LogP contribution in [-0.4, -0.2) is 38.5 Å². The van der Waals surface area contributed by atoms with Crippen LogP contribution >= 0.6 is 0 Å². The van der Waals surface area contributed by atoms with Gasteiger partial charge in [-0.15, -0.1) is 0 Å². The number of nitrogens with zero attached hydrogens (tertiary/aromatic N) is 1. The molecule has 0 radical (unpaired) electrons. The molecule has 4 nitrogen and oxygen atoms in total. The molecular formula is C23H27NO3. The molecule has 1 aliphatic heterocycles. The molecule has 1 saturated heterocycles. The summed E-state index contributed by atoms with van der Waals surface area (Å²) in [6.07, 6.45) is 5.41. The first-order valence-electron chi connectivity index (χ1n) is 9.77. The summed E-state index contributed by atoms with van der Waals surface area (Å²) in [4.78, 5) is 13.6. The minimum Gasteiger partial charge on any atom is -0.497 e. The first-order chi connectivity index (χ1) is 13.2. The lowest BCUT2D eigenvalue weighted by Crippen LogP contribution is -2.36. The third-order valence-corrected chi connectivity index (χ3v) is 6.08. The zero-order chi connectivity index (χ0) is 18.8. The standard InChI is InChI=1S/C23H27NO3/c1-26-20-12-19(13-21(14-20)27-2)17-3-5-22-18(11-17)4-6-23(22)24-9-7-16(15-25)8-10-24/h3,5,11-16,23H,4,6-10H2,1-2H3. The van der Waals surface area contributed by atoms with Crippen molar-refractivity contribution in [1.82, 2.24) is 4.90 Å². The maximum absolute atomic E-state index is 11.0. The van der Waals surface area contributed by atoms with Gasteiger partial charge in [0.1, 0.15) is 17.8 Å². The Morgan fingerprint density at radius 2 is 1.63 bits per heavy atom. The highest BCUT2D eigenvalue weighted by atomic mass is 16.5. The van der Waals surface area contributed by atoms with Crippen molar-refractivity contribution in [1.29, 1.82) is 0 Å². The number of aldehydes is 1. The summed E-state index contributed by atoms with van der Waals surface area (Å²) < 4.78 is 10.8. The Bertz CT molecular complexity index is 802. The largest absolute Gasteiger partial charge is 0.497 e. The van der Waals surface area contributed by atoms with Crippen LogP contribution < -0.4 is 9.47 Å². The lowest BCUT2D eigenvalue weighted by Gasteiger charge is -2.34. The van der Waals surface area contributed by atoms with Gasteiger partial charge in [-0.05, 0) is 73.2 Å². The fourth-order valence-corrected chi connectivity index (χ4v) is 4.50. The number of benzene rings is 2. The highest BCUT2D eigenvalue weighted by molar-refractivity contribution is 5.69. The quantitative estimate of drug-likeness (QED) is 0.742. The van der Waals surface area contributed by atoms with E-state index >= 15 is 0 Å². The number of fused-ring (bicyclic) bond motifs is 1. The molecule has 2 aromatic carbocycles. The number of piperidine rings is 1. The van der Waals surface area contributed by atoms with Crippen LogP contribution in [0, 0.1) is 5.92 Å². The summed E-state index contributed by atoms with van der Waals surface area (Å²) in [5.41, 5.74) is 5.21. The third-order valence-electron chi connectivity index (χ3n) is 6.08. The highest BCUT2D eigenvalue weighted by Gasteiger charge is 2.30. The number of methoxy groups -OCH3 is 2. The van der Waals surface area contributed by atoms with Crippen molar-refractivity contribution < 1.29 is 14.3 Å². The van der Waals surface area contributed by atoms with Gasteiger partial charge in [-0.3, -0.25) is 4.90 Å². The molecule has 1 aliphatic carbocycles. The van der Waals surface area contributed by atoms with Crippen molar-refractivity contribution in [2.45, 2.75) is 31.7 Å². The van der Waals surface area contributed by atoms with E-state index in [4.69, 9.17) is 9.47 Å². The van der Waals surface area contributed by atoms with Gasteiger partial charge in [0.2, 0.25) is 0 Å². The monoisotopic (exact) mass is 365 g/mol. The molecule has 1 atom stereocenters. The average Bonchev–Trinajstić information content (AvgIpc) is 3.16. The smallest absolute Gasteiger partial charge is 0.123 e. The van der Waals surface area contributed by atoms with Gasteiger partial charge in [-0.25, -0.2) is 0 Å². The van der Waals surface area contributed by atoms with E-state index in [0.29, 0.717) is 6.04 Å². The molecule has 0 bridgehead atoms. The molecule has 0 saturated carbocycles. The first-order valence-corrected chi connectivity index (χ1v) is 9.77. The zero-order valence-corrected chi connectivity index (χ0v) is 16.1. The molecule has 27 heavy (non-hydrogen) atoms. The van der Waals surface area contributed by atoms with Gasteiger partial charge in [0.15, 0.2) is 0 Å². The minimum atomic E-state index is 0.257. The summed E-state index contributed by atoms with van der Waals surface area (Å²) in [6.45, 7) is 2.06. The maximum Gasteiger partial charge on any atom is 0.123 e. The van der Waals surface area contributed by atoms with Crippen LogP contribution in [0.2, 0.25) is 0 Å². The van der Waals surface area contributed by atoms with Crippen molar-refractivity contribution >= 4 is 6.29 Å². The summed E-state index contributed by atoms with van der Waals surface area (Å²) in [5, 5.41) is 0. The maximum atomic E-state index is 11.0. The second-order valence-corrected chi connectivity index (χ2v) is 7.58. The van der Waals surface area contributed by atoms with Gasteiger partial charge in [-0.2, -0.15) is 0 Å². The topological polar surface area (TPSA) is 38.8 Å². The third kappa shape index (κ3) is 3.59. The summed E-state index contributed by atoms with van der Waals surface area (Å²) in [7, 11) is 3.36. The Morgan fingerprint density at radius 3 is 2.26 bits per heavy atom. The minimum absolute atomic E-state index is 0.257. The van der Waals surface area contributed by atoms with E-state index in [2.05, 4.69) is 35.2 Å². The van der Waals surface area contributed by atoms with Crippen molar-refractivity contribution in [3.63, 3.8) is 0 Å². The van der Waals surface area contributed by atoms with Crippen molar-refractivity contribution in [2.75, 3.05) is 27.3 Å². The van der Waals surface area contributed by atoms with Gasteiger partial charge in [0.05, 0.1) is 14.2 Å². The number of hydrogen-bond acceptors (Lipinski definition) is 4. The van der Waals surface area contributed by atoms with Crippen LogP contribution in [0.15, 0.2) is 36.4 Å². The molecule has 2 aliphatic rings. The van der Waals surface area contributed by atoms with Gasteiger partial charge < -0.3 is 14.3 Å². The van der Waals surface area contributed by atoms with Gasteiger partial charge in [-0.1, -0.05) is 18.2 Å². The fourth-order valence-electron chi connectivity index (χ4n) is 4.50. The van der Waals surface area contributed by atoms with Crippen molar-refractivity contribution in [3.8, 4) is 22.6 Å². The molecule has 1 heterocycles. The van der Waals surface area contributed by atoms with Crippen LogP contribution in [0.1, 0.15) is 36.4 Å². The number of ether oxygens (including phenoxy) is 2. The van der Waals surface area contributed by atoms with Crippen molar-refractivity contribution in [2.24, 2.45) is 5.92 Å². The molecule has 4 rings (SSSR count). The van der Waals surface area contributed by atoms with Crippen molar-refractivity contribution in [3.05, 3.63) is 47.5 Å². The number of hydrogen-bond donors (Lipinski definition) is 0. The fraction of sp³-hybridized carbons (Fsp3) is 0.435. The number of aryl methyl sites for hydroxylation is 1. The summed E-state index contributed by atoms with van der Waals surface area (Å²) in [6, 6.07) is 13.3. The summed E-state index contributed by atoms with van der Waals surface area (Å²) in [5.74, 6) is 1.87. The van der Waals surface area contributed by atoms with Crippen LogP contribution in [0.5, 0.6) is 11.5 Å². The van der Waals surface area contributed by atoms with Crippen LogP contribution in [-0.2, 0) is 11.2 Å². The Kier molecular flexibility index (Phi) is 5.17. The van der Waals surface area contributed by atoms with Gasteiger partial charge >= 0.3 is 0 Å². The van der Waals surface area contributed by atoms with Gasteiger partial charge in [0.25, 0.3) is 0 Å². The molecular weight excluding hydrogens is 338 g/mol. The molecule has 142 valence electrons. The lowest BCUT2D eigenvalue weighted by molar-refractivity contribution is -0.112. The van der Waals surface area contributed by atoms with E-state index in [9.17, 15) is 4.79 Å². The predicted octanol–water partition coefficient (Wildman–Crippen LogP) is 4.27. The Hall–Kier alpha value is -2.33. The number of carbonyl (C=O) groups is 1. The number of rotatable bonds is 5. The molecule has 0 aromatic heterocycles. The van der Waals surface area contributed by atoms with Gasteiger partial charge in [0, 0.05) is 18.0 Å². The van der Waals surface area contributed by atoms with Crippen LogP contribution in [0.3, 0.4) is 0 Å². The van der Waals surface area contributed by atoms with E-state index in [0.717, 1.165) is 55.7 Å². The Labute approximate surface area is 161 Å². The number of likely N-dealkylation sites (tertiary alicyclic amines) is 1. The second kappa shape index (κ2) is 7.73. The number of carbonyl (C=O) groups excluding carboxylic acids is 1. The summed E-state index contributed by atoms with van der Waals surface area (Å²) >= 11 is 0. The predicted molar refractivity (Wildman–Crippen MR) is 106 cm³/mol. The average molecular weight is 365 g/mol. The van der Waals surface area contributed by atoms with Crippen LogP contribution in [0.4, 0.5) is 0 Å².